The molecule has 0 fully saturated rings. The zero-order valence-corrected chi connectivity index (χ0v) is 10.6. The number of amides is 1. The standard InChI is InChI=1S/C12H22N2O3/c1-3-5-12(9-13,6-4-2)11(17)14-7-10(16)8-15/h10,15-16H,3-8H2,1-2H3,(H,14,17). The number of nitrogens with zero attached hydrogens (tertiary/aromatic N) is 1. The van der Waals surface area contributed by atoms with Crippen LogP contribution in [-0.4, -0.2) is 35.4 Å². The molecule has 0 bridgehead atoms. The van der Waals surface area contributed by atoms with Crippen LogP contribution in [0.25, 0.3) is 0 Å². The van der Waals surface area contributed by atoms with Gasteiger partial charge in [0.25, 0.3) is 0 Å². The van der Waals surface area contributed by atoms with Crippen LogP contribution in [0.5, 0.6) is 0 Å². The van der Waals surface area contributed by atoms with Crippen LogP contribution in [0.3, 0.4) is 0 Å². The minimum atomic E-state index is -1.00. The van der Waals surface area contributed by atoms with Crippen molar-refractivity contribution in [2.75, 3.05) is 13.2 Å². The molecule has 1 atom stereocenters. The van der Waals surface area contributed by atoms with Gasteiger partial charge in [-0.1, -0.05) is 26.7 Å². The zero-order valence-electron chi connectivity index (χ0n) is 10.6. The van der Waals surface area contributed by atoms with Gasteiger partial charge in [0.05, 0.1) is 18.8 Å². The van der Waals surface area contributed by atoms with Gasteiger partial charge in [0.15, 0.2) is 0 Å². The SMILES string of the molecule is CCCC(C#N)(CCC)C(=O)NCC(O)CO. The minimum Gasteiger partial charge on any atom is -0.394 e. The molecule has 1 unspecified atom stereocenters. The first-order chi connectivity index (χ1) is 8.06. The van der Waals surface area contributed by atoms with Gasteiger partial charge in [-0.2, -0.15) is 5.26 Å². The Labute approximate surface area is 102 Å². The fourth-order valence-electron chi connectivity index (χ4n) is 1.81. The first-order valence-electron chi connectivity index (χ1n) is 6.04. The van der Waals surface area contributed by atoms with E-state index in [1.807, 2.05) is 13.8 Å². The van der Waals surface area contributed by atoms with Crippen molar-refractivity contribution in [2.24, 2.45) is 5.41 Å². The molecule has 5 nitrogen and oxygen atoms in total. The van der Waals surface area contributed by atoms with Crippen molar-refractivity contribution < 1.29 is 15.0 Å². The van der Waals surface area contributed by atoms with E-state index in [2.05, 4.69) is 11.4 Å². The van der Waals surface area contributed by atoms with E-state index >= 15 is 0 Å². The van der Waals surface area contributed by atoms with Gasteiger partial charge >= 0.3 is 0 Å². The molecule has 0 saturated carbocycles. The molecule has 0 aliphatic rings. The molecule has 17 heavy (non-hydrogen) atoms. The number of rotatable bonds is 8. The molecule has 3 N–H and O–H groups in total. The van der Waals surface area contributed by atoms with Crippen molar-refractivity contribution in [1.82, 2.24) is 5.32 Å². The number of hydrogen-bond donors (Lipinski definition) is 3. The number of aliphatic hydroxyl groups is 2. The van der Waals surface area contributed by atoms with Crippen LogP contribution in [0.15, 0.2) is 0 Å². The second-order valence-corrected chi connectivity index (χ2v) is 4.24. The van der Waals surface area contributed by atoms with Gasteiger partial charge in [-0.05, 0) is 12.8 Å². The summed E-state index contributed by atoms with van der Waals surface area (Å²) < 4.78 is 0. The second kappa shape index (κ2) is 8.04. The molecule has 0 aliphatic heterocycles. The molecule has 5 heteroatoms. The topological polar surface area (TPSA) is 93.4 Å². The molecule has 0 rings (SSSR count). The summed E-state index contributed by atoms with van der Waals surface area (Å²) in [5.41, 5.74) is -1.00. The summed E-state index contributed by atoms with van der Waals surface area (Å²) in [6, 6.07) is 2.10. The highest BCUT2D eigenvalue weighted by molar-refractivity contribution is 5.85. The Kier molecular flexibility index (Phi) is 7.51. The molecule has 0 spiro atoms. The van der Waals surface area contributed by atoms with Crippen molar-refractivity contribution in [3.05, 3.63) is 0 Å². The van der Waals surface area contributed by atoms with E-state index in [4.69, 9.17) is 10.2 Å². The number of nitriles is 1. The summed E-state index contributed by atoms with van der Waals surface area (Å²) in [5.74, 6) is -0.351. The number of aliphatic hydroxyl groups excluding tert-OH is 2. The Hall–Kier alpha value is -1.12. The van der Waals surface area contributed by atoms with E-state index in [0.717, 1.165) is 12.8 Å². The van der Waals surface area contributed by atoms with E-state index < -0.39 is 18.1 Å². The maximum Gasteiger partial charge on any atom is 0.240 e. The first kappa shape index (κ1) is 15.9. The molecule has 0 saturated heterocycles. The van der Waals surface area contributed by atoms with Gasteiger partial charge in [-0.3, -0.25) is 4.79 Å². The Morgan fingerprint density at radius 3 is 2.29 bits per heavy atom. The fraction of sp³-hybridized carbons (Fsp3) is 0.833. The highest BCUT2D eigenvalue weighted by Crippen LogP contribution is 2.29. The third-order valence-electron chi connectivity index (χ3n) is 2.71. The lowest BCUT2D eigenvalue weighted by Crippen LogP contribution is -2.43. The van der Waals surface area contributed by atoms with Crippen molar-refractivity contribution in [1.29, 1.82) is 5.26 Å². The number of nitrogens with one attached hydrogen (secondary N) is 1. The van der Waals surface area contributed by atoms with Crippen LogP contribution in [0.2, 0.25) is 0 Å². The lowest BCUT2D eigenvalue weighted by molar-refractivity contribution is -0.129. The van der Waals surface area contributed by atoms with Gasteiger partial charge in [-0.15, -0.1) is 0 Å². The van der Waals surface area contributed by atoms with Gasteiger partial charge in [0.2, 0.25) is 5.91 Å². The van der Waals surface area contributed by atoms with Crippen LogP contribution < -0.4 is 5.32 Å². The van der Waals surface area contributed by atoms with Crippen molar-refractivity contribution in [3.8, 4) is 6.07 Å². The Morgan fingerprint density at radius 2 is 1.94 bits per heavy atom. The maximum atomic E-state index is 12.0. The van der Waals surface area contributed by atoms with E-state index in [-0.39, 0.29) is 12.5 Å². The fourth-order valence-corrected chi connectivity index (χ4v) is 1.81. The van der Waals surface area contributed by atoms with Crippen LogP contribution in [0.1, 0.15) is 39.5 Å². The first-order valence-corrected chi connectivity index (χ1v) is 6.04. The van der Waals surface area contributed by atoms with Crippen LogP contribution >= 0.6 is 0 Å². The third-order valence-corrected chi connectivity index (χ3v) is 2.71. The minimum absolute atomic E-state index is 0.0216. The second-order valence-electron chi connectivity index (χ2n) is 4.24. The Bertz CT molecular complexity index is 267. The summed E-state index contributed by atoms with van der Waals surface area (Å²) in [7, 11) is 0. The molecule has 0 aromatic carbocycles. The van der Waals surface area contributed by atoms with Crippen LogP contribution in [-0.2, 0) is 4.79 Å². The molecular weight excluding hydrogens is 220 g/mol. The van der Waals surface area contributed by atoms with E-state index in [1.54, 1.807) is 0 Å². The number of hydrogen-bond acceptors (Lipinski definition) is 4. The van der Waals surface area contributed by atoms with Crippen LogP contribution in [0.4, 0.5) is 0 Å². The molecule has 0 aliphatic carbocycles. The van der Waals surface area contributed by atoms with Crippen molar-refractivity contribution >= 4 is 5.91 Å². The van der Waals surface area contributed by atoms with Gasteiger partial charge in [0, 0.05) is 6.54 Å². The highest BCUT2D eigenvalue weighted by Gasteiger charge is 2.36. The third kappa shape index (κ3) is 4.72. The highest BCUT2D eigenvalue weighted by atomic mass is 16.3. The molecule has 1 amide bonds. The average molecular weight is 242 g/mol. The maximum absolute atomic E-state index is 12.0. The van der Waals surface area contributed by atoms with Crippen molar-refractivity contribution in [2.45, 2.75) is 45.6 Å². The van der Waals surface area contributed by atoms with E-state index in [9.17, 15) is 10.1 Å². The molecular formula is C12H22N2O3. The van der Waals surface area contributed by atoms with E-state index in [1.165, 1.54) is 0 Å². The number of carbonyl (C=O) groups is 1. The average Bonchev–Trinajstić information content (AvgIpc) is 2.34. The predicted octanol–water partition coefficient (Wildman–Crippen LogP) is 0.566. The lowest BCUT2D eigenvalue weighted by atomic mass is 9.80. The Balaban J connectivity index is 4.58. The molecule has 98 valence electrons. The largest absolute Gasteiger partial charge is 0.394 e. The normalized spacial score (nSPS) is 12.9. The smallest absolute Gasteiger partial charge is 0.240 e. The molecule has 0 heterocycles. The van der Waals surface area contributed by atoms with E-state index in [0.29, 0.717) is 12.8 Å². The predicted molar refractivity (Wildman–Crippen MR) is 64.0 cm³/mol. The van der Waals surface area contributed by atoms with Crippen LogP contribution in [0, 0.1) is 16.7 Å². The summed E-state index contributed by atoms with van der Waals surface area (Å²) in [6.07, 6.45) is 1.56. The quantitative estimate of drug-likeness (QED) is 0.580. The molecule has 0 aromatic heterocycles. The Morgan fingerprint density at radius 1 is 1.41 bits per heavy atom. The number of carbonyl (C=O) groups excluding carboxylic acids is 1. The molecule has 0 aromatic rings. The van der Waals surface area contributed by atoms with Gasteiger partial charge in [0.1, 0.15) is 5.41 Å². The summed E-state index contributed by atoms with van der Waals surface area (Å²) in [5, 5.41) is 29.5. The van der Waals surface area contributed by atoms with Gasteiger partial charge < -0.3 is 15.5 Å². The zero-order chi connectivity index (χ0) is 13.3. The van der Waals surface area contributed by atoms with Crippen molar-refractivity contribution in [3.63, 3.8) is 0 Å². The summed E-state index contributed by atoms with van der Waals surface area (Å²) in [4.78, 5) is 12.0. The lowest BCUT2D eigenvalue weighted by Gasteiger charge is -2.25. The molecule has 0 radical (unpaired) electrons. The van der Waals surface area contributed by atoms with Gasteiger partial charge in [-0.25, -0.2) is 0 Å². The summed E-state index contributed by atoms with van der Waals surface area (Å²) in [6.45, 7) is 3.43. The monoisotopic (exact) mass is 242 g/mol. The summed E-state index contributed by atoms with van der Waals surface area (Å²) >= 11 is 0.